The fraction of sp³-hybridized carbons (Fsp3) is 0.545. The summed E-state index contributed by atoms with van der Waals surface area (Å²) in [4.78, 5) is 4.28. The molecule has 1 heterocycles. The molecule has 0 amide bonds. The molecule has 1 saturated carbocycles. The summed E-state index contributed by atoms with van der Waals surface area (Å²) < 4.78 is 1.89. The van der Waals surface area contributed by atoms with Crippen LogP contribution in [0, 0.1) is 5.92 Å². The van der Waals surface area contributed by atoms with Crippen molar-refractivity contribution >= 4 is 37.7 Å². The molecule has 88 valence electrons. The lowest BCUT2D eigenvalue weighted by atomic mass is 10.1. The molecule has 0 aliphatic heterocycles. The zero-order chi connectivity index (χ0) is 11.5. The van der Waals surface area contributed by atoms with Crippen molar-refractivity contribution in [1.29, 1.82) is 0 Å². The molecule has 2 N–H and O–H groups in total. The number of pyridine rings is 1. The van der Waals surface area contributed by atoms with Crippen LogP contribution < -0.4 is 5.32 Å². The normalized spacial score (nSPS) is 24.7. The van der Waals surface area contributed by atoms with Crippen LogP contribution in [0.2, 0.25) is 0 Å². The molecule has 5 heteroatoms. The molecule has 2 rings (SSSR count). The van der Waals surface area contributed by atoms with Gasteiger partial charge in [0.1, 0.15) is 5.82 Å². The van der Waals surface area contributed by atoms with Gasteiger partial charge in [-0.2, -0.15) is 0 Å². The highest BCUT2D eigenvalue weighted by atomic mass is 79.9. The molecule has 0 bridgehead atoms. The summed E-state index contributed by atoms with van der Waals surface area (Å²) in [7, 11) is 0. The van der Waals surface area contributed by atoms with Crippen LogP contribution in [0.25, 0.3) is 0 Å². The van der Waals surface area contributed by atoms with Crippen LogP contribution in [0.5, 0.6) is 0 Å². The molecule has 1 aromatic heterocycles. The van der Waals surface area contributed by atoms with Crippen LogP contribution in [0.15, 0.2) is 21.2 Å². The third-order valence-electron chi connectivity index (χ3n) is 2.96. The van der Waals surface area contributed by atoms with Gasteiger partial charge in [-0.1, -0.05) is 6.42 Å². The Kier molecular flexibility index (Phi) is 4.21. The molecule has 1 aromatic rings. The standard InChI is InChI=1S/C11H14Br2N2O/c12-8-4-9(13)11(15-6-8)14-5-7-2-1-3-10(7)16/h4,6-7,10,16H,1-3,5H2,(H,14,15). The van der Waals surface area contributed by atoms with Crippen molar-refractivity contribution in [3.05, 3.63) is 21.2 Å². The van der Waals surface area contributed by atoms with E-state index in [2.05, 4.69) is 42.2 Å². The number of nitrogens with zero attached hydrogens (tertiary/aromatic N) is 1. The predicted molar refractivity (Wildman–Crippen MR) is 71.5 cm³/mol. The summed E-state index contributed by atoms with van der Waals surface area (Å²) in [5.41, 5.74) is 0. The summed E-state index contributed by atoms with van der Waals surface area (Å²) in [6, 6.07) is 1.96. The van der Waals surface area contributed by atoms with E-state index in [-0.39, 0.29) is 6.10 Å². The molecule has 3 nitrogen and oxygen atoms in total. The Bertz CT molecular complexity index is 373. The van der Waals surface area contributed by atoms with Crippen LogP contribution in [0.1, 0.15) is 19.3 Å². The number of anilines is 1. The number of rotatable bonds is 3. The van der Waals surface area contributed by atoms with Gasteiger partial charge in [0.05, 0.1) is 10.6 Å². The van der Waals surface area contributed by atoms with Gasteiger partial charge in [-0.15, -0.1) is 0 Å². The van der Waals surface area contributed by atoms with E-state index in [0.717, 1.165) is 40.6 Å². The lowest BCUT2D eigenvalue weighted by Crippen LogP contribution is -2.22. The first-order valence-corrected chi connectivity index (χ1v) is 6.98. The molecular formula is C11H14Br2N2O. The van der Waals surface area contributed by atoms with E-state index in [4.69, 9.17) is 0 Å². The van der Waals surface area contributed by atoms with Crippen molar-refractivity contribution in [3.8, 4) is 0 Å². The van der Waals surface area contributed by atoms with E-state index < -0.39 is 0 Å². The highest BCUT2D eigenvalue weighted by Gasteiger charge is 2.24. The van der Waals surface area contributed by atoms with Gasteiger partial charge in [0, 0.05) is 23.1 Å². The number of hydrogen-bond donors (Lipinski definition) is 2. The Morgan fingerprint density at radius 2 is 2.25 bits per heavy atom. The summed E-state index contributed by atoms with van der Waals surface area (Å²) >= 11 is 6.82. The third kappa shape index (κ3) is 2.96. The highest BCUT2D eigenvalue weighted by Crippen LogP contribution is 2.27. The van der Waals surface area contributed by atoms with Crippen LogP contribution in [0.4, 0.5) is 5.82 Å². The summed E-state index contributed by atoms with van der Waals surface area (Å²) in [5.74, 6) is 1.19. The van der Waals surface area contributed by atoms with Gasteiger partial charge in [0.15, 0.2) is 0 Å². The molecule has 2 unspecified atom stereocenters. The average Bonchev–Trinajstić information content (AvgIpc) is 2.63. The van der Waals surface area contributed by atoms with Crippen molar-refractivity contribution in [2.75, 3.05) is 11.9 Å². The van der Waals surface area contributed by atoms with Gasteiger partial charge in [-0.25, -0.2) is 4.98 Å². The second-order valence-corrected chi connectivity index (χ2v) is 5.89. The minimum Gasteiger partial charge on any atom is -0.393 e. The van der Waals surface area contributed by atoms with Gasteiger partial charge < -0.3 is 10.4 Å². The summed E-state index contributed by atoms with van der Waals surface area (Å²) in [6.45, 7) is 0.786. The van der Waals surface area contributed by atoms with Crippen molar-refractivity contribution < 1.29 is 5.11 Å². The number of aliphatic hydroxyl groups is 1. The summed E-state index contributed by atoms with van der Waals surface area (Å²) in [5, 5.41) is 13.0. The number of hydrogen-bond acceptors (Lipinski definition) is 3. The van der Waals surface area contributed by atoms with E-state index in [1.165, 1.54) is 0 Å². The topological polar surface area (TPSA) is 45.1 Å². The Balaban J connectivity index is 1.94. The monoisotopic (exact) mass is 348 g/mol. The average molecular weight is 350 g/mol. The fourth-order valence-electron chi connectivity index (χ4n) is 2.03. The van der Waals surface area contributed by atoms with Crippen LogP contribution in [-0.4, -0.2) is 22.7 Å². The largest absolute Gasteiger partial charge is 0.393 e. The third-order valence-corrected chi connectivity index (χ3v) is 4.00. The molecule has 1 fully saturated rings. The highest BCUT2D eigenvalue weighted by molar-refractivity contribution is 9.11. The molecule has 2 atom stereocenters. The van der Waals surface area contributed by atoms with Crippen LogP contribution >= 0.6 is 31.9 Å². The van der Waals surface area contributed by atoms with E-state index >= 15 is 0 Å². The Morgan fingerprint density at radius 3 is 2.88 bits per heavy atom. The molecule has 0 saturated heterocycles. The molecular weight excluding hydrogens is 336 g/mol. The maximum Gasteiger partial charge on any atom is 0.140 e. The number of nitrogens with one attached hydrogen (secondary N) is 1. The minimum atomic E-state index is -0.151. The van der Waals surface area contributed by atoms with Gasteiger partial charge in [-0.05, 0) is 50.8 Å². The molecule has 0 spiro atoms. The van der Waals surface area contributed by atoms with Gasteiger partial charge in [0.2, 0.25) is 0 Å². The van der Waals surface area contributed by atoms with E-state index in [1.807, 2.05) is 6.07 Å². The SMILES string of the molecule is OC1CCCC1CNc1ncc(Br)cc1Br. The lowest BCUT2D eigenvalue weighted by molar-refractivity contribution is 0.138. The molecule has 16 heavy (non-hydrogen) atoms. The summed E-state index contributed by atoms with van der Waals surface area (Å²) in [6.07, 6.45) is 4.77. The van der Waals surface area contributed by atoms with Crippen molar-refractivity contribution in [1.82, 2.24) is 4.98 Å². The van der Waals surface area contributed by atoms with Crippen LogP contribution in [-0.2, 0) is 0 Å². The van der Waals surface area contributed by atoms with E-state index in [0.29, 0.717) is 5.92 Å². The number of aromatic nitrogens is 1. The van der Waals surface area contributed by atoms with E-state index in [1.54, 1.807) is 6.20 Å². The maximum absolute atomic E-state index is 9.70. The Hall–Kier alpha value is -0.130. The smallest absolute Gasteiger partial charge is 0.140 e. The fourth-order valence-corrected chi connectivity index (χ4v) is 3.16. The van der Waals surface area contributed by atoms with Crippen molar-refractivity contribution in [2.24, 2.45) is 5.92 Å². The first-order valence-electron chi connectivity index (χ1n) is 5.40. The zero-order valence-electron chi connectivity index (χ0n) is 8.79. The molecule has 0 radical (unpaired) electrons. The maximum atomic E-state index is 9.70. The lowest BCUT2D eigenvalue weighted by Gasteiger charge is -2.16. The van der Waals surface area contributed by atoms with Crippen molar-refractivity contribution in [2.45, 2.75) is 25.4 Å². The minimum absolute atomic E-state index is 0.151. The van der Waals surface area contributed by atoms with Crippen LogP contribution in [0.3, 0.4) is 0 Å². The quantitative estimate of drug-likeness (QED) is 0.880. The first-order chi connectivity index (χ1) is 7.66. The van der Waals surface area contributed by atoms with E-state index in [9.17, 15) is 5.11 Å². The van der Waals surface area contributed by atoms with Gasteiger partial charge >= 0.3 is 0 Å². The molecule has 1 aliphatic carbocycles. The number of halogens is 2. The molecule has 1 aliphatic rings. The number of aliphatic hydroxyl groups excluding tert-OH is 1. The Labute approximate surface area is 112 Å². The predicted octanol–water partition coefficient (Wildman–Crippen LogP) is 3.18. The second-order valence-electron chi connectivity index (χ2n) is 4.12. The second kappa shape index (κ2) is 5.47. The van der Waals surface area contributed by atoms with Crippen molar-refractivity contribution in [3.63, 3.8) is 0 Å². The first kappa shape index (κ1) is 12.3. The zero-order valence-corrected chi connectivity index (χ0v) is 12.0. The molecule has 0 aromatic carbocycles. The Morgan fingerprint density at radius 1 is 1.44 bits per heavy atom. The van der Waals surface area contributed by atoms with Gasteiger partial charge in [-0.3, -0.25) is 0 Å². The van der Waals surface area contributed by atoms with Gasteiger partial charge in [0.25, 0.3) is 0 Å².